The second-order valence-corrected chi connectivity index (χ2v) is 4.65. The minimum Gasteiger partial charge on any atom is -0.508 e. The molecule has 3 N–H and O–H groups in total. The molecule has 4 heteroatoms. The van der Waals surface area contributed by atoms with Gasteiger partial charge < -0.3 is 20.3 Å². The average molecular weight is 273 g/mol. The highest BCUT2D eigenvalue weighted by Crippen LogP contribution is 2.30. The number of phenols is 1. The van der Waals surface area contributed by atoms with E-state index in [4.69, 9.17) is 15.2 Å². The van der Waals surface area contributed by atoms with E-state index in [-0.39, 0.29) is 11.8 Å². The normalized spacial score (nSPS) is 11.9. The van der Waals surface area contributed by atoms with Crippen LogP contribution in [0.1, 0.15) is 24.1 Å². The monoisotopic (exact) mass is 273 g/mol. The summed E-state index contributed by atoms with van der Waals surface area (Å²) in [4.78, 5) is 0. The van der Waals surface area contributed by atoms with Gasteiger partial charge in [0, 0.05) is 6.04 Å². The molecule has 0 amide bonds. The topological polar surface area (TPSA) is 64.7 Å². The molecule has 0 heterocycles. The highest BCUT2D eigenvalue weighted by atomic mass is 16.5. The molecule has 20 heavy (non-hydrogen) atoms. The van der Waals surface area contributed by atoms with Crippen molar-refractivity contribution in [1.29, 1.82) is 0 Å². The van der Waals surface area contributed by atoms with Crippen LogP contribution in [0.5, 0.6) is 17.2 Å². The van der Waals surface area contributed by atoms with Crippen molar-refractivity contribution in [1.82, 2.24) is 0 Å². The highest BCUT2D eigenvalue weighted by molar-refractivity contribution is 5.43. The maximum absolute atomic E-state index is 9.23. The molecule has 0 bridgehead atoms. The van der Waals surface area contributed by atoms with Gasteiger partial charge in [0.05, 0.1) is 7.11 Å². The Balaban J connectivity index is 2.10. The van der Waals surface area contributed by atoms with Gasteiger partial charge in [0.25, 0.3) is 0 Å². The SMILES string of the molecule is COc1cc([C@H](C)N)ccc1OCc1ccc(O)cc1. The lowest BCUT2D eigenvalue weighted by Crippen LogP contribution is -2.05. The summed E-state index contributed by atoms with van der Waals surface area (Å²) in [5.74, 6) is 1.58. The highest BCUT2D eigenvalue weighted by Gasteiger charge is 2.08. The van der Waals surface area contributed by atoms with Gasteiger partial charge in [0.2, 0.25) is 0 Å². The maximum atomic E-state index is 9.23. The van der Waals surface area contributed by atoms with Crippen LogP contribution in [0.2, 0.25) is 0 Å². The van der Waals surface area contributed by atoms with Crippen LogP contribution in [-0.2, 0) is 6.61 Å². The molecule has 2 aromatic rings. The number of ether oxygens (including phenoxy) is 2. The minimum absolute atomic E-state index is 0.0463. The van der Waals surface area contributed by atoms with Crippen molar-refractivity contribution < 1.29 is 14.6 Å². The van der Waals surface area contributed by atoms with Gasteiger partial charge >= 0.3 is 0 Å². The van der Waals surface area contributed by atoms with Crippen molar-refractivity contribution in [3.63, 3.8) is 0 Å². The Morgan fingerprint density at radius 1 is 1.10 bits per heavy atom. The zero-order valence-electron chi connectivity index (χ0n) is 11.7. The van der Waals surface area contributed by atoms with E-state index in [1.807, 2.05) is 37.3 Å². The molecule has 0 saturated heterocycles. The summed E-state index contributed by atoms with van der Waals surface area (Å²) < 4.78 is 11.1. The number of benzene rings is 2. The van der Waals surface area contributed by atoms with Gasteiger partial charge in [-0.1, -0.05) is 18.2 Å². The Labute approximate surface area is 118 Å². The van der Waals surface area contributed by atoms with E-state index in [0.29, 0.717) is 18.1 Å². The number of methoxy groups -OCH3 is 1. The largest absolute Gasteiger partial charge is 0.508 e. The fraction of sp³-hybridized carbons (Fsp3) is 0.250. The summed E-state index contributed by atoms with van der Waals surface area (Å²) in [6, 6.07) is 12.5. The van der Waals surface area contributed by atoms with Crippen molar-refractivity contribution in [2.24, 2.45) is 5.73 Å². The molecule has 0 aromatic heterocycles. The molecule has 0 spiro atoms. The lowest BCUT2D eigenvalue weighted by molar-refractivity contribution is 0.284. The molecule has 1 atom stereocenters. The molecule has 0 aliphatic carbocycles. The van der Waals surface area contributed by atoms with Crippen LogP contribution >= 0.6 is 0 Å². The van der Waals surface area contributed by atoms with Crippen LogP contribution in [0.4, 0.5) is 0 Å². The van der Waals surface area contributed by atoms with Crippen LogP contribution in [0.3, 0.4) is 0 Å². The van der Waals surface area contributed by atoms with Gasteiger partial charge in [-0.25, -0.2) is 0 Å². The van der Waals surface area contributed by atoms with Gasteiger partial charge in [0.1, 0.15) is 12.4 Å². The smallest absolute Gasteiger partial charge is 0.161 e. The molecule has 0 fully saturated rings. The maximum Gasteiger partial charge on any atom is 0.161 e. The summed E-state index contributed by atoms with van der Waals surface area (Å²) >= 11 is 0. The lowest BCUT2D eigenvalue weighted by Gasteiger charge is -2.13. The van der Waals surface area contributed by atoms with Gasteiger partial charge in [-0.2, -0.15) is 0 Å². The average Bonchev–Trinajstić information content (AvgIpc) is 2.46. The van der Waals surface area contributed by atoms with E-state index in [1.165, 1.54) is 0 Å². The van der Waals surface area contributed by atoms with Gasteiger partial charge in [-0.15, -0.1) is 0 Å². The van der Waals surface area contributed by atoms with Crippen molar-refractivity contribution in [3.8, 4) is 17.2 Å². The van der Waals surface area contributed by atoms with Crippen LogP contribution in [0.15, 0.2) is 42.5 Å². The van der Waals surface area contributed by atoms with E-state index in [1.54, 1.807) is 19.2 Å². The molecule has 2 aromatic carbocycles. The van der Waals surface area contributed by atoms with Crippen LogP contribution in [0.25, 0.3) is 0 Å². The molecule has 0 saturated carbocycles. The van der Waals surface area contributed by atoms with Crippen LogP contribution < -0.4 is 15.2 Å². The molecule has 0 aliphatic rings. The Morgan fingerprint density at radius 2 is 1.80 bits per heavy atom. The molecular weight excluding hydrogens is 254 g/mol. The summed E-state index contributed by atoms with van der Waals surface area (Å²) in [6.45, 7) is 2.33. The van der Waals surface area contributed by atoms with Crippen molar-refractivity contribution in [2.45, 2.75) is 19.6 Å². The second-order valence-electron chi connectivity index (χ2n) is 4.65. The fourth-order valence-corrected chi connectivity index (χ4v) is 1.84. The molecule has 0 radical (unpaired) electrons. The van der Waals surface area contributed by atoms with Crippen molar-refractivity contribution >= 4 is 0 Å². The summed E-state index contributed by atoms with van der Waals surface area (Å²) in [7, 11) is 1.60. The number of hydrogen-bond acceptors (Lipinski definition) is 4. The molecule has 0 aliphatic heterocycles. The van der Waals surface area contributed by atoms with E-state index in [0.717, 1.165) is 11.1 Å². The number of hydrogen-bond donors (Lipinski definition) is 2. The Kier molecular flexibility index (Phi) is 4.48. The number of phenolic OH excluding ortho intramolecular Hbond substituents is 1. The number of nitrogens with two attached hydrogens (primary N) is 1. The number of rotatable bonds is 5. The Bertz CT molecular complexity index is 564. The van der Waals surface area contributed by atoms with E-state index in [2.05, 4.69) is 0 Å². The lowest BCUT2D eigenvalue weighted by atomic mass is 10.1. The van der Waals surface area contributed by atoms with E-state index >= 15 is 0 Å². The first kappa shape index (κ1) is 14.2. The second kappa shape index (κ2) is 6.30. The molecule has 106 valence electrons. The Morgan fingerprint density at radius 3 is 2.40 bits per heavy atom. The summed E-state index contributed by atoms with van der Waals surface area (Å²) in [5, 5.41) is 9.23. The zero-order valence-corrected chi connectivity index (χ0v) is 11.7. The third-order valence-corrected chi connectivity index (χ3v) is 3.04. The molecule has 0 unspecified atom stereocenters. The fourth-order valence-electron chi connectivity index (χ4n) is 1.84. The first-order valence-corrected chi connectivity index (χ1v) is 6.44. The van der Waals surface area contributed by atoms with Gasteiger partial charge in [0.15, 0.2) is 11.5 Å². The predicted molar refractivity (Wildman–Crippen MR) is 78.0 cm³/mol. The van der Waals surface area contributed by atoms with E-state index in [9.17, 15) is 5.11 Å². The minimum atomic E-state index is -0.0463. The van der Waals surface area contributed by atoms with Gasteiger partial charge in [-0.3, -0.25) is 0 Å². The first-order chi connectivity index (χ1) is 9.60. The van der Waals surface area contributed by atoms with Crippen LogP contribution in [0, 0.1) is 0 Å². The number of aromatic hydroxyl groups is 1. The van der Waals surface area contributed by atoms with Crippen molar-refractivity contribution in [2.75, 3.05) is 7.11 Å². The standard InChI is InChI=1S/C16H19NO3/c1-11(17)13-5-8-15(16(9-13)19-2)20-10-12-3-6-14(18)7-4-12/h3-9,11,18H,10,17H2,1-2H3/t11-/m0/s1. The van der Waals surface area contributed by atoms with Crippen molar-refractivity contribution in [3.05, 3.63) is 53.6 Å². The third-order valence-electron chi connectivity index (χ3n) is 3.04. The zero-order chi connectivity index (χ0) is 14.5. The molecule has 2 rings (SSSR count). The first-order valence-electron chi connectivity index (χ1n) is 6.44. The van der Waals surface area contributed by atoms with E-state index < -0.39 is 0 Å². The predicted octanol–water partition coefficient (Wildman–Crippen LogP) is 3.00. The summed E-state index contributed by atoms with van der Waals surface area (Å²) in [5.41, 5.74) is 7.82. The Hall–Kier alpha value is -2.20. The molecule has 4 nitrogen and oxygen atoms in total. The quantitative estimate of drug-likeness (QED) is 0.879. The molecular formula is C16H19NO3. The van der Waals surface area contributed by atoms with Gasteiger partial charge in [-0.05, 0) is 42.3 Å². The third kappa shape index (κ3) is 3.42. The van der Waals surface area contributed by atoms with Crippen LogP contribution in [-0.4, -0.2) is 12.2 Å². The summed E-state index contributed by atoms with van der Waals surface area (Å²) in [6.07, 6.45) is 0.